The van der Waals surface area contributed by atoms with Gasteiger partial charge < -0.3 is 29.9 Å². The van der Waals surface area contributed by atoms with Gasteiger partial charge in [-0.1, -0.05) is 26.0 Å². The maximum absolute atomic E-state index is 12.0. The monoisotopic (exact) mass is 370 g/mol. The molecule has 1 aliphatic heterocycles. The summed E-state index contributed by atoms with van der Waals surface area (Å²) in [5, 5.41) is 38.9. The lowest BCUT2D eigenvalue weighted by Crippen LogP contribution is -2.59. The van der Waals surface area contributed by atoms with Crippen molar-refractivity contribution in [3.8, 4) is 0 Å². The number of aliphatic hydroxyl groups excluding tert-OH is 4. The van der Waals surface area contributed by atoms with Gasteiger partial charge in [0.05, 0.1) is 12.7 Å². The summed E-state index contributed by atoms with van der Waals surface area (Å²) in [6.07, 6.45) is -2.03. The van der Waals surface area contributed by atoms with E-state index in [1.807, 2.05) is 13.0 Å². The van der Waals surface area contributed by atoms with Crippen molar-refractivity contribution < 1.29 is 34.7 Å². The molecule has 0 unspecified atom stereocenters. The number of hydrogen-bond acceptors (Lipinski definition) is 7. The van der Waals surface area contributed by atoms with Crippen molar-refractivity contribution in [2.24, 2.45) is 5.41 Å². The first kappa shape index (κ1) is 21.2. The van der Waals surface area contributed by atoms with E-state index in [-0.39, 0.29) is 11.2 Å². The van der Waals surface area contributed by atoms with Crippen molar-refractivity contribution in [1.82, 2.24) is 0 Å². The zero-order chi connectivity index (χ0) is 19.6. The molecule has 0 aromatic carbocycles. The third-order valence-electron chi connectivity index (χ3n) is 5.26. The first-order valence-electron chi connectivity index (χ1n) is 8.97. The van der Waals surface area contributed by atoms with Gasteiger partial charge in [0.15, 0.2) is 12.1 Å². The summed E-state index contributed by atoms with van der Waals surface area (Å²) >= 11 is 0. The van der Waals surface area contributed by atoms with Crippen LogP contribution < -0.4 is 0 Å². The van der Waals surface area contributed by atoms with Gasteiger partial charge in [-0.2, -0.15) is 0 Å². The molecule has 7 heteroatoms. The van der Waals surface area contributed by atoms with E-state index in [2.05, 4.69) is 13.8 Å². The number of hydrogen-bond donors (Lipinski definition) is 4. The number of aliphatic hydroxyl groups is 4. The van der Waals surface area contributed by atoms with Crippen LogP contribution in [0.5, 0.6) is 0 Å². The highest BCUT2D eigenvalue weighted by Crippen LogP contribution is 2.39. The van der Waals surface area contributed by atoms with Gasteiger partial charge in [-0.15, -0.1) is 0 Å². The molecule has 26 heavy (non-hydrogen) atoms. The summed E-state index contributed by atoms with van der Waals surface area (Å²) in [6, 6.07) is 0. The lowest BCUT2D eigenvalue weighted by atomic mass is 9.72. The van der Waals surface area contributed by atoms with Crippen molar-refractivity contribution in [3.63, 3.8) is 0 Å². The Labute approximate surface area is 153 Å². The summed E-state index contributed by atoms with van der Waals surface area (Å²) in [4.78, 5) is 12.0. The molecular weight excluding hydrogens is 340 g/mol. The fourth-order valence-electron chi connectivity index (χ4n) is 3.43. The highest BCUT2D eigenvalue weighted by molar-refractivity contribution is 5.97. The average molecular weight is 370 g/mol. The molecule has 0 spiro atoms. The number of carbonyl (C=O) groups excluding carboxylic acids is 1. The number of allylic oxidation sites excluding steroid dienone is 3. The van der Waals surface area contributed by atoms with E-state index in [1.54, 1.807) is 13.0 Å². The van der Waals surface area contributed by atoms with Crippen LogP contribution in [0.1, 0.15) is 40.5 Å². The van der Waals surface area contributed by atoms with Crippen molar-refractivity contribution >= 4 is 5.78 Å². The van der Waals surface area contributed by atoms with Crippen molar-refractivity contribution in [1.29, 1.82) is 0 Å². The Morgan fingerprint density at radius 3 is 2.54 bits per heavy atom. The Balaban J connectivity index is 2.08. The van der Waals surface area contributed by atoms with Crippen LogP contribution >= 0.6 is 0 Å². The van der Waals surface area contributed by atoms with Crippen LogP contribution in [0, 0.1) is 5.41 Å². The molecule has 0 aromatic heterocycles. The average Bonchev–Trinajstić information content (AvgIpc) is 2.58. The van der Waals surface area contributed by atoms with E-state index >= 15 is 0 Å². The fraction of sp³-hybridized carbons (Fsp3) is 0.737. The molecule has 148 valence electrons. The minimum atomic E-state index is -1.47. The molecular formula is C19H30O7. The molecule has 7 nitrogen and oxygen atoms in total. The quantitative estimate of drug-likeness (QED) is 0.555. The smallest absolute Gasteiger partial charge is 0.187 e. The standard InChI is InChI=1S/C19H30O7/c1-10(5-6-12-11(2)13(21)7-8-19(12,3)4)25-18-17(24)16(23)15(22)14(9-20)26-18/h5-6,10,14-18,20,22-24H,7-9H2,1-4H3/b6-5+/t10-,14-,15-,16+,17-,18-/m1/s1. The van der Waals surface area contributed by atoms with E-state index < -0.39 is 43.4 Å². The molecule has 2 aliphatic rings. The zero-order valence-corrected chi connectivity index (χ0v) is 15.8. The first-order valence-corrected chi connectivity index (χ1v) is 8.97. The van der Waals surface area contributed by atoms with Crippen LogP contribution in [0.3, 0.4) is 0 Å². The second kappa shape index (κ2) is 8.29. The molecule has 4 N–H and O–H groups in total. The second-order valence-electron chi connectivity index (χ2n) is 7.74. The summed E-state index contributed by atoms with van der Waals surface area (Å²) in [7, 11) is 0. The molecule has 1 aliphatic carbocycles. The Kier molecular flexibility index (Phi) is 6.76. The highest BCUT2D eigenvalue weighted by atomic mass is 16.7. The fourth-order valence-corrected chi connectivity index (χ4v) is 3.43. The van der Waals surface area contributed by atoms with E-state index in [1.165, 1.54) is 0 Å². The minimum absolute atomic E-state index is 0.114. The number of ketones is 1. The van der Waals surface area contributed by atoms with Gasteiger partial charge in [-0.05, 0) is 36.8 Å². The molecule has 0 aromatic rings. The Morgan fingerprint density at radius 2 is 1.92 bits per heavy atom. The molecule has 2 rings (SSSR count). The second-order valence-corrected chi connectivity index (χ2v) is 7.74. The summed E-state index contributed by atoms with van der Waals surface area (Å²) in [5.74, 6) is 0.145. The molecule has 1 heterocycles. The lowest BCUT2D eigenvalue weighted by Gasteiger charge is -2.40. The van der Waals surface area contributed by atoms with E-state index in [0.717, 1.165) is 17.6 Å². The summed E-state index contributed by atoms with van der Waals surface area (Å²) < 4.78 is 11.0. The van der Waals surface area contributed by atoms with Gasteiger partial charge in [0.2, 0.25) is 0 Å². The number of carbonyl (C=O) groups is 1. The Hall–Kier alpha value is -1.09. The Morgan fingerprint density at radius 1 is 1.27 bits per heavy atom. The molecule has 1 fully saturated rings. The van der Waals surface area contributed by atoms with Crippen LogP contribution in [0.15, 0.2) is 23.3 Å². The number of Topliss-reactive ketones (excluding diaryl/α,β-unsaturated/α-hetero) is 1. The first-order chi connectivity index (χ1) is 12.1. The van der Waals surface area contributed by atoms with Gasteiger partial charge in [0.25, 0.3) is 0 Å². The normalized spacial score (nSPS) is 36.6. The topological polar surface area (TPSA) is 116 Å². The predicted molar refractivity (Wildman–Crippen MR) is 94.2 cm³/mol. The van der Waals surface area contributed by atoms with E-state index in [4.69, 9.17) is 9.47 Å². The summed E-state index contributed by atoms with van der Waals surface area (Å²) in [5.41, 5.74) is 1.59. The number of ether oxygens (including phenoxy) is 2. The van der Waals surface area contributed by atoms with Crippen molar-refractivity contribution in [2.75, 3.05) is 6.61 Å². The molecule has 1 saturated heterocycles. The summed E-state index contributed by atoms with van der Waals surface area (Å²) in [6.45, 7) is 7.24. The maximum atomic E-state index is 12.0. The molecule has 0 bridgehead atoms. The van der Waals surface area contributed by atoms with Crippen LogP contribution in [0.2, 0.25) is 0 Å². The predicted octanol–water partition coefficient (Wildman–Crippen LogP) is 0.453. The van der Waals surface area contributed by atoms with Crippen molar-refractivity contribution in [2.45, 2.75) is 77.3 Å². The number of rotatable bonds is 5. The maximum Gasteiger partial charge on any atom is 0.187 e. The van der Waals surface area contributed by atoms with Gasteiger partial charge >= 0.3 is 0 Å². The molecule has 6 atom stereocenters. The lowest BCUT2D eigenvalue weighted by molar-refractivity contribution is -0.306. The zero-order valence-electron chi connectivity index (χ0n) is 15.8. The van der Waals surface area contributed by atoms with Gasteiger partial charge in [-0.3, -0.25) is 4.79 Å². The van der Waals surface area contributed by atoms with Gasteiger partial charge in [-0.25, -0.2) is 0 Å². The SMILES string of the molecule is CC1=C(/C=C/[C@@H](C)O[C@@H]2O[C@H](CO)[C@@H](O)[C@H](O)[C@H]2O)C(C)(C)CCC1=O. The van der Waals surface area contributed by atoms with Crippen molar-refractivity contribution in [3.05, 3.63) is 23.3 Å². The highest BCUT2D eigenvalue weighted by Gasteiger charge is 2.44. The van der Waals surface area contributed by atoms with Gasteiger partial charge in [0, 0.05) is 6.42 Å². The Bertz CT molecular complexity index is 578. The molecule has 0 radical (unpaired) electrons. The molecule has 0 amide bonds. The van der Waals surface area contributed by atoms with Crippen LogP contribution in [-0.4, -0.2) is 69.6 Å². The third-order valence-corrected chi connectivity index (χ3v) is 5.26. The van der Waals surface area contributed by atoms with Crippen LogP contribution in [0.25, 0.3) is 0 Å². The van der Waals surface area contributed by atoms with E-state index in [0.29, 0.717) is 6.42 Å². The van der Waals surface area contributed by atoms with Crippen LogP contribution in [-0.2, 0) is 14.3 Å². The minimum Gasteiger partial charge on any atom is -0.394 e. The largest absolute Gasteiger partial charge is 0.394 e. The third kappa shape index (κ3) is 4.42. The van der Waals surface area contributed by atoms with E-state index in [9.17, 15) is 25.2 Å². The van der Waals surface area contributed by atoms with Gasteiger partial charge in [0.1, 0.15) is 24.4 Å². The molecule has 0 saturated carbocycles. The van der Waals surface area contributed by atoms with Crippen LogP contribution in [0.4, 0.5) is 0 Å².